The van der Waals surface area contributed by atoms with Gasteiger partial charge in [-0.3, -0.25) is 4.79 Å². The van der Waals surface area contributed by atoms with Gasteiger partial charge in [0, 0.05) is 18.2 Å². The van der Waals surface area contributed by atoms with Gasteiger partial charge in [0.1, 0.15) is 11.9 Å². The molecule has 2 aromatic carbocycles. The quantitative estimate of drug-likeness (QED) is 0.733. The molecule has 0 spiro atoms. The highest BCUT2D eigenvalue weighted by Gasteiger charge is 2.22. The van der Waals surface area contributed by atoms with Gasteiger partial charge in [-0.2, -0.15) is 5.10 Å². The molecule has 3 aromatic rings. The number of carbonyl (C=O) groups excluding carboxylic acids is 1. The summed E-state index contributed by atoms with van der Waals surface area (Å²) in [6.07, 6.45) is 4.35. The van der Waals surface area contributed by atoms with Crippen molar-refractivity contribution < 1.29 is 9.53 Å². The van der Waals surface area contributed by atoms with Crippen molar-refractivity contribution in [1.29, 1.82) is 0 Å². The van der Waals surface area contributed by atoms with E-state index in [1.54, 1.807) is 16.9 Å². The van der Waals surface area contributed by atoms with Crippen LogP contribution in [0, 0.1) is 0 Å². The van der Waals surface area contributed by atoms with Crippen LogP contribution in [0.25, 0.3) is 5.69 Å². The molecule has 25 heavy (non-hydrogen) atoms. The van der Waals surface area contributed by atoms with Gasteiger partial charge in [-0.05, 0) is 45.8 Å². The number of hydrogen-bond acceptors (Lipinski definition) is 3. The Hall–Kier alpha value is -2.60. The van der Waals surface area contributed by atoms with Gasteiger partial charge in [0.05, 0.1) is 22.9 Å². The summed E-state index contributed by atoms with van der Waals surface area (Å²) in [5, 5.41) is 7.19. The number of fused-ring (bicyclic) bond motifs is 1. The number of halogens is 1. The lowest BCUT2D eigenvalue weighted by molar-refractivity contribution is 0.0933. The van der Waals surface area contributed by atoms with Crippen LogP contribution in [-0.2, 0) is 6.42 Å². The molecule has 0 bridgehead atoms. The van der Waals surface area contributed by atoms with Gasteiger partial charge >= 0.3 is 0 Å². The van der Waals surface area contributed by atoms with E-state index in [-0.39, 0.29) is 12.0 Å². The van der Waals surface area contributed by atoms with E-state index in [1.165, 1.54) is 5.56 Å². The van der Waals surface area contributed by atoms with E-state index in [9.17, 15) is 4.79 Å². The first-order chi connectivity index (χ1) is 12.2. The van der Waals surface area contributed by atoms with E-state index >= 15 is 0 Å². The Morgan fingerprint density at radius 1 is 1.28 bits per heavy atom. The minimum Gasteiger partial charge on any atom is -0.488 e. The monoisotopic (exact) mass is 397 g/mol. The third-order valence-electron chi connectivity index (χ3n) is 4.13. The molecule has 0 saturated carbocycles. The van der Waals surface area contributed by atoms with E-state index in [1.807, 2.05) is 42.6 Å². The predicted octanol–water partition coefficient (Wildman–Crippen LogP) is 3.37. The standard InChI is InChI=1S/C19H16BrN3O2/c20-15-10-22-23(12-15)16-6-3-5-14(8-16)19(24)21-11-17-9-13-4-1-2-7-18(13)25-17/h1-8,10,12,17H,9,11H2,(H,21,24)/t17-/m0/s1. The number of amides is 1. The summed E-state index contributed by atoms with van der Waals surface area (Å²) >= 11 is 3.38. The third-order valence-corrected chi connectivity index (χ3v) is 4.54. The average Bonchev–Trinajstić information content (AvgIpc) is 3.25. The highest BCUT2D eigenvalue weighted by atomic mass is 79.9. The Morgan fingerprint density at radius 2 is 2.16 bits per heavy atom. The Balaban J connectivity index is 1.40. The lowest BCUT2D eigenvalue weighted by atomic mass is 10.1. The van der Waals surface area contributed by atoms with Gasteiger partial charge < -0.3 is 10.1 Å². The van der Waals surface area contributed by atoms with Gasteiger partial charge in [-0.1, -0.05) is 24.3 Å². The summed E-state index contributed by atoms with van der Waals surface area (Å²) in [6.45, 7) is 0.477. The SMILES string of the molecule is O=C(NC[C@@H]1Cc2ccccc2O1)c1cccc(-n2cc(Br)cn2)c1. The van der Waals surface area contributed by atoms with Crippen LogP contribution in [-0.4, -0.2) is 28.3 Å². The fourth-order valence-corrected chi connectivity index (χ4v) is 3.19. The van der Waals surface area contributed by atoms with Crippen LogP contribution in [0.3, 0.4) is 0 Å². The molecule has 0 aliphatic carbocycles. The molecule has 1 atom stereocenters. The maximum atomic E-state index is 12.5. The Labute approximate surface area is 153 Å². The average molecular weight is 398 g/mol. The number of nitrogens with one attached hydrogen (secondary N) is 1. The zero-order valence-corrected chi connectivity index (χ0v) is 14.9. The number of para-hydroxylation sites is 1. The van der Waals surface area contributed by atoms with E-state index in [0.717, 1.165) is 22.3 Å². The lowest BCUT2D eigenvalue weighted by Gasteiger charge is -2.12. The van der Waals surface area contributed by atoms with Crippen LogP contribution in [0.5, 0.6) is 5.75 Å². The Morgan fingerprint density at radius 3 is 2.96 bits per heavy atom. The summed E-state index contributed by atoms with van der Waals surface area (Å²) in [7, 11) is 0. The summed E-state index contributed by atoms with van der Waals surface area (Å²) in [5.74, 6) is 0.792. The number of benzene rings is 2. The first kappa shape index (κ1) is 15.9. The van der Waals surface area contributed by atoms with Gasteiger partial charge in [-0.25, -0.2) is 4.68 Å². The number of aromatic nitrogens is 2. The highest BCUT2D eigenvalue weighted by molar-refractivity contribution is 9.10. The molecule has 1 aliphatic rings. The minimum atomic E-state index is -0.118. The summed E-state index contributed by atoms with van der Waals surface area (Å²) in [5.41, 5.74) is 2.62. The fourth-order valence-electron chi connectivity index (χ4n) is 2.91. The van der Waals surface area contributed by atoms with Crippen molar-refractivity contribution in [3.05, 3.63) is 76.5 Å². The van der Waals surface area contributed by atoms with Crippen molar-refractivity contribution in [2.75, 3.05) is 6.54 Å². The van der Waals surface area contributed by atoms with Gasteiger partial charge in [-0.15, -0.1) is 0 Å². The van der Waals surface area contributed by atoms with E-state index < -0.39 is 0 Å². The maximum Gasteiger partial charge on any atom is 0.251 e. The van der Waals surface area contributed by atoms with Crippen LogP contribution >= 0.6 is 15.9 Å². The van der Waals surface area contributed by atoms with Crippen molar-refractivity contribution in [2.24, 2.45) is 0 Å². The Kier molecular flexibility index (Phi) is 4.28. The van der Waals surface area contributed by atoms with Crippen molar-refractivity contribution in [2.45, 2.75) is 12.5 Å². The fraction of sp³-hybridized carbons (Fsp3) is 0.158. The van der Waals surface area contributed by atoms with Crippen LogP contribution in [0.1, 0.15) is 15.9 Å². The van der Waals surface area contributed by atoms with Gasteiger partial charge in [0.15, 0.2) is 0 Å². The third kappa shape index (κ3) is 3.44. The number of ether oxygens (including phenoxy) is 1. The second-order valence-corrected chi connectivity index (χ2v) is 6.83. The molecule has 1 aromatic heterocycles. The molecule has 1 N–H and O–H groups in total. The molecule has 126 valence electrons. The van der Waals surface area contributed by atoms with Crippen molar-refractivity contribution in [3.63, 3.8) is 0 Å². The first-order valence-corrected chi connectivity index (χ1v) is 8.82. The second kappa shape index (κ2) is 6.72. The molecular weight excluding hydrogens is 382 g/mol. The molecule has 5 nitrogen and oxygen atoms in total. The van der Waals surface area contributed by atoms with E-state index in [2.05, 4.69) is 32.4 Å². The Bertz CT molecular complexity index is 897. The first-order valence-electron chi connectivity index (χ1n) is 8.02. The normalized spacial score (nSPS) is 15.5. The van der Waals surface area contributed by atoms with E-state index in [4.69, 9.17) is 4.74 Å². The molecule has 1 amide bonds. The summed E-state index contributed by atoms with van der Waals surface area (Å²) < 4.78 is 8.46. The summed E-state index contributed by atoms with van der Waals surface area (Å²) in [4.78, 5) is 12.5. The van der Waals surface area contributed by atoms with E-state index in [0.29, 0.717) is 12.1 Å². The molecule has 0 radical (unpaired) electrons. The smallest absolute Gasteiger partial charge is 0.251 e. The predicted molar refractivity (Wildman–Crippen MR) is 98.2 cm³/mol. The van der Waals surface area contributed by atoms with Gasteiger partial charge in [0.25, 0.3) is 5.91 Å². The molecule has 4 rings (SSSR count). The van der Waals surface area contributed by atoms with Crippen LogP contribution in [0.2, 0.25) is 0 Å². The molecule has 2 heterocycles. The second-order valence-electron chi connectivity index (χ2n) is 5.92. The number of hydrogen-bond donors (Lipinski definition) is 1. The zero-order chi connectivity index (χ0) is 17.2. The lowest BCUT2D eigenvalue weighted by Crippen LogP contribution is -2.34. The van der Waals surface area contributed by atoms with Crippen molar-refractivity contribution in [3.8, 4) is 11.4 Å². The van der Waals surface area contributed by atoms with Crippen LogP contribution < -0.4 is 10.1 Å². The summed E-state index contributed by atoms with van der Waals surface area (Å²) in [6, 6.07) is 15.3. The topological polar surface area (TPSA) is 56.1 Å². The van der Waals surface area contributed by atoms with Crippen molar-refractivity contribution >= 4 is 21.8 Å². The van der Waals surface area contributed by atoms with Gasteiger partial charge in [0.2, 0.25) is 0 Å². The molecular formula is C19H16BrN3O2. The highest BCUT2D eigenvalue weighted by Crippen LogP contribution is 2.27. The molecule has 0 unspecified atom stereocenters. The largest absolute Gasteiger partial charge is 0.488 e. The number of nitrogens with zero attached hydrogens (tertiary/aromatic N) is 2. The maximum absolute atomic E-state index is 12.5. The van der Waals surface area contributed by atoms with Crippen LogP contribution in [0.15, 0.2) is 65.4 Å². The molecule has 6 heteroatoms. The minimum absolute atomic E-state index is 0.0217. The number of rotatable bonds is 4. The molecule has 1 aliphatic heterocycles. The molecule has 0 fully saturated rings. The van der Waals surface area contributed by atoms with Crippen LogP contribution in [0.4, 0.5) is 0 Å². The molecule has 0 saturated heterocycles. The zero-order valence-electron chi connectivity index (χ0n) is 13.4. The number of carbonyl (C=O) groups is 1. The van der Waals surface area contributed by atoms with Crippen molar-refractivity contribution in [1.82, 2.24) is 15.1 Å².